The Kier molecular flexibility index (Phi) is 9.40. The Labute approximate surface area is 261 Å². The lowest BCUT2D eigenvalue weighted by atomic mass is 10.1. The highest BCUT2D eigenvalue weighted by molar-refractivity contribution is 9.10. The van der Waals surface area contributed by atoms with E-state index in [9.17, 15) is 9.59 Å². The van der Waals surface area contributed by atoms with Gasteiger partial charge in [0.1, 0.15) is 23.1 Å². The first-order valence-corrected chi connectivity index (χ1v) is 15.2. The molecular weight excluding hydrogens is 622 g/mol. The Balaban J connectivity index is 1.68. The zero-order valence-electron chi connectivity index (χ0n) is 25.4. The number of benzene rings is 2. The van der Waals surface area contributed by atoms with Crippen LogP contribution in [0.4, 0.5) is 4.79 Å². The minimum Gasteiger partial charge on any atom is -0.444 e. The van der Waals surface area contributed by atoms with Gasteiger partial charge in [-0.15, -0.1) is 5.10 Å². The van der Waals surface area contributed by atoms with Crippen LogP contribution in [0.15, 0.2) is 53.1 Å². The van der Waals surface area contributed by atoms with E-state index < -0.39 is 23.5 Å². The lowest BCUT2D eigenvalue weighted by Crippen LogP contribution is -2.47. The molecule has 0 unspecified atom stereocenters. The van der Waals surface area contributed by atoms with Gasteiger partial charge in [0.05, 0.1) is 23.6 Å². The molecule has 0 saturated carbocycles. The molecule has 0 N–H and O–H groups in total. The van der Waals surface area contributed by atoms with Gasteiger partial charge in [0.15, 0.2) is 0 Å². The Morgan fingerprint density at radius 1 is 1.19 bits per heavy atom. The van der Waals surface area contributed by atoms with Crippen molar-refractivity contribution < 1.29 is 19.1 Å². The number of rotatable bonds is 7. The van der Waals surface area contributed by atoms with Crippen molar-refractivity contribution in [1.82, 2.24) is 24.8 Å². The van der Waals surface area contributed by atoms with E-state index in [-0.39, 0.29) is 17.9 Å². The summed E-state index contributed by atoms with van der Waals surface area (Å²) in [5.74, 6) is 0.0976. The number of carbonyl (C=O) groups is 2. The van der Waals surface area contributed by atoms with Crippen molar-refractivity contribution >= 4 is 39.5 Å². The van der Waals surface area contributed by atoms with Crippen LogP contribution >= 0.6 is 27.5 Å². The fourth-order valence-corrected chi connectivity index (χ4v) is 5.79. The van der Waals surface area contributed by atoms with E-state index in [1.807, 2.05) is 82.8 Å². The summed E-state index contributed by atoms with van der Waals surface area (Å²) in [7, 11) is 0. The van der Waals surface area contributed by atoms with E-state index in [4.69, 9.17) is 21.1 Å². The minimum absolute atomic E-state index is 0.141. The molecule has 1 aliphatic heterocycles. The van der Waals surface area contributed by atoms with Crippen molar-refractivity contribution in [2.24, 2.45) is 5.92 Å². The molecule has 0 radical (unpaired) electrons. The summed E-state index contributed by atoms with van der Waals surface area (Å²) in [4.78, 5) is 30.8. The van der Waals surface area contributed by atoms with Crippen molar-refractivity contribution in [1.29, 1.82) is 0 Å². The first-order valence-electron chi connectivity index (χ1n) is 14.0. The van der Waals surface area contributed by atoms with Gasteiger partial charge in [-0.25, -0.2) is 9.48 Å². The predicted octanol–water partition coefficient (Wildman–Crippen LogP) is 7.41. The standard InChI is InChI=1S/C31H39BrClN5O4/c1-19(2)16-36(17-21-15-22(33)13-14-24(21)32)28(39)23-11-9-10-12-26(23)37-18-25(34-35-37)27-20(3)41-31(7,8)38(27)29(40)42-30(4,5)6/h9-15,18-20,27H,16-17H2,1-8H3/t20-,27+/m1/s1. The number of halogens is 2. The van der Waals surface area contributed by atoms with E-state index >= 15 is 0 Å². The molecule has 1 saturated heterocycles. The van der Waals surface area contributed by atoms with Gasteiger partial charge in [0.25, 0.3) is 5.91 Å². The van der Waals surface area contributed by atoms with E-state index in [0.29, 0.717) is 35.1 Å². The SMILES string of the molecule is CC(C)CN(Cc1cc(Cl)ccc1Br)C(=O)c1ccccc1-n1cc([C@@H]2[C@@H](C)OC(C)(C)N2C(=O)OC(C)(C)C)nn1. The van der Waals surface area contributed by atoms with Gasteiger partial charge in [-0.05, 0) is 83.4 Å². The van der Waals surface area contributed by atoms with Crippen LogP contribution in [0.1, 0.15) is 83.0 Å². The summed E-state index contributed by atoms with van der Waals surface area (Å²) < 4.78 is 14.3. The predicted molar refractivity (Wildman–Crippen MR) is 166 cm³/mol. The maximum atomic E-state index is 14.1. The molecule has 1 aliphatic rings. The molecule has 1 fully saturated rings. The van der Waals surface area contributed by atoms with Crippen LogP contribution in [-0.4, -0.2) is 60.8 Å². The number of ether oxygens (including phenoxy) is 2. The molecule has 0 bridgehead atoms. The molecule has 2 atom stereocenters. The summed E-state index contributed by atoms with van der Waals surface area (Å²) in [5, 5.41) is 9.44. The molecule has 3 aromatic rings. The van der Waals surface area contributed by atoms with E-state index in [0.717, 1.165) is 10.0 Å². The molecule has 2 heterocycles. The number of para-hydroxylation sites is 1. The van der Waals surface area contributed by atoms with Crippen molar-refractivity contribution in [3.8, 4) is 5.69 Å². The Morgan fingerprint density at radius 3 is 2.55 bits per heavy atom. The molecule has 0 spiro atoms. The van der Waals surface area contributed by atoms with Crippen LogP contribution in [0.25, 0.3) is 5.69 Å². The van der Waals surface area contributed by atoms with Gasteiger partial charge in [-0.2, -0.15) is 0 Å². The normalized spacial score (nSPS) is 18.4. The van der Waals surface area contributed by atoms with Crippen LogP contribution < -0.4 is 0 Å². The topological polar surface area (TPSA) is 89.8 Å². The minimum atomic E-state index is -0.921. The van der Waals surface area contributed by atoms with Gasteiger partial charge >= 0.3 is 6.09 Å². The molecule has 9 nitrogen and oxygen atoms in total. The third-order valence-electron chi connectivity index (χ3n) is 6.80. The average Bonchev–Trinajstić information content (AvgIpc) is 3.45. The number of nitrogens with zero attached hydrogens (tertiary/aromatic N) is 5. The second-order valence-electron chi connectivity index (χ2n) is 12.5. The lowest BCUT2D eigenvalue weighted by Gasteiger charge is -2.34. The summed E-state index contributed by atoms with van der Waals surface area (Å²) in [5.41, 5.74) is 0.904. The highest BCUT2D eigenvalue weighted by atomic mass is 79.9. The van der Waals surface area contributed by atoms with Gasteiger partial charge in [-0.1, -0.05) is 58.7 Å². The van der Waals surface area contributed by atoms with E-state index in [1.54, 1.807) is 21.8 Å². The lowest BCUT2D eigenvalue weighted by molar-refractivity contribution is -0.0757. The zero-order chi connectivity index (χ0) is 31.0. The number of aromatic nitrogens is 3. The Hall–Kier alpha value is -2.95. The second kappa shape index (κ2) is 12.3. The smallest absolute Gasteiger partial charge is 0.413 e. The van der Waals surface area contributed by atoms with Gasteiger partial charge in [-0.3, -0.25) is 9.69 Å². The highest BCUT2D eigenvalue weighted by Crippen LogP contribution is 2.41. The van der Waals surface area contributed by atoms with Gasteiger partial charge < -0.3 is 14.4 Å². The Morgan fingerprint density at radius 2 is 1.88 bits per heavy atom. The third kappa shape index (κ3) is 7.15. The molecule has 1 aromatic heterocycles. The zero-order valence-corrected chi connectivity index (χ0v) is 27.7. The van der Waals surface area contributed by atoms with Crippen molar-refractivity contribution in [3.05, 3.63) is 75.0 Å². The van der Waals surface area contributed by atoms with E-state index in [1.165, 1.54) is 0 Å². The molecule has 11 heteroatoms. The maximum absolute atomic E-state index is 14.1. The molecule has 2 aromatic carbocycles. The highest BCUT2D eigenvalue weighted by Gasteiger charge is 2.51. The maximum Gasteiger partial charge on any atom is 0.413 e. The first-order chi connectivity index (χ1) is 19.6. The average molecular weight is 661 g/mol. The van der Waals surface area contributed by atoms with Gasteiger partial charge in [0, 0.05) is 22.6 Å². The summed E-state index contributed by atoms with van der Waals surface area (Å²) >= 11 is 9.86. The largest absolute Gasteiger partial charge is 0.444 e. The molecule has 2 amide bonds. The van der Waals surface area contributed by atoms with Crippen molar-refractivity contribution in [2.45, 2.75) is 85.4 Å². The number of amides is 2. The van der Waals surface area contributed by atoms with Crippen molar-refractivity contribution in [3.63, 3.8) is 0 Å². The quantitative estimate of drug-likeness (QED) is 0.262. The third-order valence-corrected chi connectivity index (χ3v) is 7.81. The van der Waals surface area contributed by atoms with Crippen LogP contribution in [0, 0.1) is 5.92 Å². The number of carbonyl (C=O) groups excluding carboxylic acids is 2. The van der Waals surface area contributed by atoms with Crippen LogP contribution in [0.5, 0.6) is 0 Å². The van der Waals surface area contributed by atoms with Crippen LogP contribution in [0.3, 0.4) is 0 Å². The van der Waals surface area contributed by atoms with E-state index in [2.05, 4.69) is 40.1 Å². The fraction of sp³-hybridized carbons (Fsp3) is 0.484. The molecule has 4 rings (SSSR count). The second-order valence-corrected chi connectivity index (χ2v) is 13.8. The number of hydrogen-bond acceptors (Lipinski definition) is 6. The summed E-state index contributed by atoms with van der Waals surface area (Å²) in [6, 6.07) is 12.3. The van der Waals surface area contributed by atoms with Crippen LogP contribution in [-0.2, 0) is 16.0 Å². The van der Waals surface area contributed by atoms with Crippen molar-refractivity contribution in [2.75, 3.05) is 6.54 Å². The molecule has 42 heavy (non-hydrogen) atoms. The summed E-state index contributed by atoms with van der Waals surface area (Å²) in [6.45, 7) is 16.1. The first kappa shape index (κ1) is 32.0. The van der Waals surface area contributed by atoms with Gasteiger partial charge in [0.2, 0.25) is 0 Å². The summed E-state index contributed by atoms with van der Waals surface area (Å²) in [6.07, 6.45) is 0.881. The monoisotopic (exact) mass is 659 g/mol. The molecule has 226 valence electrons. The Bertz CT molecular complexity index is 1450. The number of hydrogen-bond donors (Lipinski definition) is 0. The molecular formula is C31H39BrClN5O4. The van der Waals surface area contributed by atoms with Crippen LogP contribution in [0.2, 0.25) is 5.02 Å². The molecule has 0 aliphatic carbocycles. The fourth-order valence-electron chi connectivity index (χ4n) is 5.22.